The number of sulfonamides is 1. The smallest absolute Gasteiger partial charge is 0.347 e. The van der Waals surface area contributed by atoms with Gasteiger partial charge >= 0.3 is 5.97 Å². The maximum Gasteiger partial charge on any atom is 0.347 e. The predicted octanol–water partition coefficient (Wildman–Crippen LogP) is 1.47. The summed E-state index contributed by atoms with van der Waals surface area (Å²) >= 11 is 0.960. The summed E-state index contributed by atoms with van der Waals surface area (Å²) in [7, 11) is -0.282. The minimum absolute atomic E-state index is 0.0595. The molecule has 2 heterocycles. The molecule has 0 bridgehead atoms. The van der Waals surface area contributed by atoms with Crippen molar-refractivity contribution in [3.8, 4) is 0 Å². The number of hydrogen-bond donors (Lipinski definition) is 1. The monoisotopic (exact) mass is 332 g/mol. The van der Waals surface area contributed by atoms with Gasteiger partial charge in [-0.3, -0.25) is 0 Å². The summed E-state index contributed by atoms with van der Waals surface area (Å²) in [5.74, 6) is -1.19. The Balaban J connectivity index is 2.38. The average Bonchev–Trinajstić information content (AvgIpc) is 2.80. The number of carboxylic acids is 1. The van der Waals surface area contributed by atoms with E-state index in [1.807, 2.05) is 7.05 Å². The summed E-state index contributed by atoms with van der Waals surface area (Å²) in [6.45, 7) is 3.26. The lowest BCUT2D eigenvalue weighted by Crippen LogP contribution is -2.47. The van der Waals surface area contributed by atoms with Crippen LogP contribution in [0, 0.1) is 6.92 Å². The van der Waals surface area contributed by atoms with E-state index >= 15 is 0 Å². The Morgan fingerprint density at radius 3 is 2.76 bits per heavy atom. The van der Waals surface area contributed by atoms with E-state index < -0.39 is 16.0 Å². The fourth-order valence-corrected chi connectivity index (χ4v) is 5.63. The molecule has 1 aliphatic heterocycles. The third-order valence-corrected chi connectivity index (χ3v) is 7.18. The van der Waals surface area contributed by atoms with Gasteiger partial charge in [-0.2, -0.15) is 4.31 Å². The van der Waals surface area contributed by atoms with Crippen LogP contribution in [-0.2, 0) is 10.0 Å². The normalized spacial score (nSPS) is 20.9. The molecule has 1 saturated heterocycles. The molecule has 1 atom stereocenters. The van der Waals surface area contributed by atoms with Crippen LogP contribution in [0.5, 0.6) is 0 Å². The molecular weight excluding hydrogens is 312 g/mol. The number of carbonyl (C=O) groups is 1. The van der Waals surface area contributed by atoms with Crippen LogP contribution in [0.25, 0.3) is 0 Å². The largest absolute Gasteiger partial charge is 0.477 e. The third-order valence-electron chi connectivity index (χ3n) is 3.86. The van der Waals surface area contributed by atoms with Crippen LogP contribution in [0.4, 0.5) is 0 Å². The Morgan fingerprint density at radius 1 is 1.52 bits per heavy atom. The van der Waals surface area contributed by atoms with Crippen LogP contribution < -0.4 is 0 Å². The van der Waals surface area contributed by atoms with Gasteiger partial charge in [0.05, 0.1) is 0 Å². The van der Waals surface area contributed by atoms with Crippen molar-refractivity contribution in [1.29, 1.82) is 0 Å². The first kappa shape index (κ1) is 16.4. The van der Waals surface area contributed by atoms with Gasteiger partial charge in [0, 0.05) is 19.6 Å². The first-order valence-corrected chi connectivity index (χ1v) is 9.05. The first-order valence-electron chi connectivity index (χ1n) is 6.73. The van der Waals surface area contributed by atoms with Crippen molar-refractivity contribution < 1.29 is 18.3 Å². The van der Waals surface area contributed by atoms with E-state index in [-0.39, 0.29) is 15.8 Å². The molecular formula is C13H20N2O4S2. The first-order chi connectivity index (χ1) is 9.75. The highest BCUT2D eigenvalue weighted by Gasteiger charge is 2.35. The van der Waals surface area contributed by atoms with E-state index in [1.165, 1.54) is 4.31 Å². The summed E-state index contributed by atoms with van der Waals surface area (Å²) in [6, 6.07) is -0.116. The van der Waals surface area contributed by atoms with Crippen molar-refractivity contribution in [2.75, 3.05) is 27.2 Å². The third kappa shape index (κ3) is 3.13. The number of rotatable bonds is 4. The van der Waals surface area contributed by atoms with Crippen molar-refractivity contribution in [2.45, 2.75) is 30.7 Å². The van der Waals surface area contributed by atoms with E-state index in [4.69, 9.17) is 0 Å². The number of hydrogen-bond acceptors (Lipinski definition) is 5. The molecule has 0 radical (unpaired) electrons. The summed E-state index contributed by atoms with van der Waals surface area (Å²) in [5, 5.41) is 10.8. The van der Waals surface area contributed by atoms with Crippen molar-refractivity contribution in [3.05, 3.63) is 15.8 Å². The molecule has 1 aliphatic rings. The second-order valence-corrected chi connectivity index (χ2v) is 8.28. The fraction of sp³-hybridized carbons (Fsp3) is 0.615. The Bertz CT molecular complexity index is 639. The maximum atomic E-state index is 12.8. The number of aromatic carboxylic acids is 1. The maximum absolute atomic E-state index is 12.8. The van der Waals surface area contributed by atoms with E-state index in [0.717, 1.165) is 30.7 Å². The van der Waals surface area contributed by atoms with Gasteiger partial charge in [0.1, 0.15) is 9.77 Å². The van der Waals surface area contributed by atoms with Gasteiger partial charge in [0.25, 0.3) is 0 Å². The van der Waals surface area contributed by atoms with E-state index in [9.17, 15) is 18.3 Å². The van der Waals surface area contributed by atoms with Crippen molar-refractivity contribution in [1.82, 2.24) is 9.21 Å². The molecule has 0 aliphatic carbocycles. The second-order valence-electron chi connectivity index (χ2n) is 5.46. The molecule has 21 heavy (non-hydrogen) atoms. The number of aryl methyl sites for hydroxylation is 1. The second kappa shape index (κ2) is 6.04. The Labute approximate surface area is 129 Å². The summed E-state index contributed by atoms with van der Waals surface area (Å²) in [4.78, 5) is 13.2. The fourth-order valence-electron chi connectivity index (χ4n) is 2.68. The molecule has 0 spiro atoms. The summed E-state index contributed by atoms with van der Waals surface area (Å²) < 4.78 is 26.9. The van der Waals surface area contributed by atoms with Gasteiger partial charge in [-0.05, 0) is 44.3 Å². The SMILES string of the molecule is Cc1csc(C(=O)O)c1S(=O)(=O)N(C)C1CCCN(C)C1. The number of nitrogens with zero attached hydrogens (tertiary/aromatic N) is 2. The standard InChI is InChI=1S/C13H20N2O4S2/c1-9-8-20-11(13(16)17)12(9)21(18,19)15(3)10-5-4-6-14(2)7-10/h8,10H,4-7H2,1-3H3,(H,16,17). The average molecular weight is 332 g/mol. The van der Waals surface area contributed by atoms with E-state index in [1.54, 1.807) is 19.4 Å². The van der Waals surface area contributed by atoms with Crippen molar-refractivity contribution in [3.63, 3.8) is 0 Å². The number of likely N-dealkylation sites (N-methyl/N-ethyl adjacent to an activating group) is 2. The molecule has 0 saturated carbocycles. The Morgan fingerprint density at radius 2 is 2.19 bits per heavy atom. The highest BCUT2D eigenvalue weighted by Crippen LogP contribution is 2.31. The quantitative estimate of drug-likeness (QED) is 0.903. The molecule has 1 aromatic heterocycles. The number of carboxylic acid groups (broad SMARTS) is 1. The lowest BCUT2D eigenvalue weighted by atomic mass is 10.1. The molecule has 0 aromatic carbocycles. The van der Waals surface area contributed by atoms with Crippen LogP contribution in [0.1, 0.15) is 28.1 Å². The van der Waals surface area contributed by atoms with Crippen LogP contribution in [-0.4, -0.2) is 61.9 Å². The van der Waals surface area contributed by atoms with Gasteiger partial charge < -0.3 is 10.0 Å². The number of thiophene rings is 1. The zero-order valence-electron chi connectivity index (χ0n) is 12.4. The van der Waals surface area contributed by atoms with Gasteiger partial charge in [0.15, 0.2) is 0 Å². The Hall–Kier alpha value is -0.960. The molecule has 118 valence electrons. The molecule has 2 rings (SSSR count). The predicted molar refractivity (Wildman–Crippen MR) is 81.5 cm³/mol. The van der Waals surface area contributed by atoms with Crippen molar-refractivity contribution in [2.24, 2.45) is 0 Å². The van der Waals surface area contributed by atoms with Crippen LogP contribution >= 0.6 is 11.3 Å². The number of likely N-dealkylation sites (tertiary alicyclic amines) is 1. The minimum atomic E-state index is -3.79. The molecule has 8 heteroatoms. The highest BCUT2D eigenvalue weighted by molar-refractivity contribution is 7.89. The minimum Gasteiger partial charge on any atom is -0.477 e. The lowest BCUT2D eigenvalue weighted by Gasteiger charge is -2.35. The van der Waals surface area contributed by atoms with Crippen LogP contribution in [0.2, 0.25) is 0 Å². The zero-order chi connectivity index (χ0) is 15.8. The van der Waals surface area contributed by atoms with E-state index in [2.05, 4.69) is 4.90 Å². The molecule has 1 N–H and O–H groups in total. The number of piperidine rings is 1. The summed E-state index contributed by atoms with van der Waals surface area (Å²) in [6.07, 6.45) is 1.74. The topological polar surface area (TPSA) is 77.9 Å². The Kier molecular flexibility index (Phi) is 4.72. The summed E-state index contributed by atoms with van der Waals surface area (Å²) in [5.41, 5.74) is 0.494. The van der Waals surface area contributed by atoms with Gasteiger partial charge in [-0.1, -0.05) is 0 Å². The molecule has 0 amide bonds. The van der Waals surface area contributed by atoms with E-state index in [0.29, 0.717) is 12.1 Å². The van der Waals surface area contributed by atoms with Crippen LogP contribution in [0.15, 0.2) is 10.3 Å². The van der Waals surface area contributed by atoms with Gasteiger partial charge in [-0.25, -0.2) is 13.2 Å². The van der Waals surface area contributed by atoms with Crippen molar-refractivity contribution >= 4 is 27.3 Å². The molecule has 1 unspecified atom stereocenters. The molecule has 1 aromatic rings. The highest BCUT2D eigenvalue weighted by atomic mass is 32.2. The van der Waals surface area contributed by atoms with Gasteiger partial charge in [0.2, 0.25) is 10.0 Å². The zero-order valence-corrected chi connectivity index (χ0v) is 14.0. The molecule has 1 fully saturated rings. The lowest BCUT2D eigenvalue weighted by molar-refractivity contribution is 0.0698. The molecule has 6 nitrogen and oxygen atoms in total. The van der Waals surface area contributed by atoms with Gasteiger partial charge in [-0.15, -0.1) is 11.3 Å². The van der Waals surface area contributed by atoms with Crippen LogP contribution in [0.3, 0.4) is 0 Å².